The van der Waals surface area contributed by atoms with Crippen LogP contribution in [0.2, 0.25) is 0 Å². The van der Waals surface area contributed by atoms with Gasteiger partial charge in [0.1, 0.15) is 17.0 Å². The van der Waals surface area contributed by atoms with Gasteiger partial charge in [0, 0.05) is 36.4 Å². The Bertz CT molecular complexity index is 1380. The van der Waals surface area contributed by atoms with E-state index in [2.05, 4.69) is 15.1 Å². The van der Waals surface area contributed by atoms with E-state index in [1.807, 2.05) is 0 Å². The Labute approximate surface area is 196 Å². The largest absolute Gasteiger partial charge is 0.337 e. The van der Waals surface area contributed by atoms with Crippen LogP contribution in [0.15, 0.2) is 36.8 Å². The van der Waals surface area contributed by atoms with Gasteiger partial charge in [-0.05, 0) is 31.0 Å². The topological polar surface area (TPSA) is 68.3 Å². The molecule has 12 heteroatoms. The van der Waals surface area contributed by atoms with Crippen molar-refractivity contribution in [2.45, 2.75) is 44.8 Å². The lowest BCUT2D eigenvalue weighted by atomic mass is 10.2. The third kappa shape index (κ3) is 4.21. The van der Waals surface area contributed by atoms with Gasteiger partial charge in [0.2, 0.25) is 0 Å². The van der Waals surface area contributed by atoms with E-state index in [0.717, 1.165) is 31.9 Å². The third-order valence-electron chi connectivity index (χ3n) is 6.17. The Balaban J connectivity index is 1.65. The molecule has 7 nitrogen and oxygen atoms in total. The van der Waals surface area contributed by atoms with Crippen LogP contribution in [-0.4, -0.2) is 54.5 Å². The molecule has 1 fully saturated rings. The van der Waals surface area contributed by atoms with Gasteiger partial charge in [0.05, 0.1) is 17.4 Å². The van der Waals surface area contributed by atoms with Crippen molar-refractivity contribution >= 4 is 22.5 Å². The fourth-order valence-corrected chi connectivity index (χ4v) is 4.37. The zero-order chi connectivity index (χ0) is 24.7. The Kier molecular flexibility index (Phi) is 6.12. The van der Waals surface area contributed by atoms with Crippen LogP contribution in [0.3, 0.4) is 0 Å². The Morgan fingerprint density at radius 2 is 1.69 bits per heavy atom. The summed E-state index contributed by atoms with van der Waals surface area (Å²) in [6.07, 6.45) is -1.41. The van der Waals surface area contributed by atoms with Gasteiger partial charge in [-0.15, -0.1) is 0 Å². The molecule has 35 heavy (non-hydrogen) atoms. The number of halogens is 5. The fraction of sp³-hybridized carbons (Fsp3) is 0.391. The van der Waals surface area contributed by atoms with Crippen molar-refractivity contribution in [2.75, 3.05) is 13.1 Å². The molecule has 0 N–H and O–H groups in total. The van der Waals surface area contributed by atoms with Crippen molar-refractivity contribution in [1.29, 1.82) is 0 Å². The molecule has 4 aromatic rings. The van der Waals surface area contributed by atoms with Crippen molar-refractivity contribution in [1.82, 2.24) is 29.0 Å². The van der Waals surface area contributed by atoms with Crippen molar-refractivity contribution < 1.29 is 26.7 Å². The Morgan fingerprint density at radius 1 is 0.943 bits per heavy atom. The summed E-state index contributed by atoms with van der Waals surface area (Å²) in [7, 11) is 0. The molecule has 5 rings (SSSR count). The lowest BCUT2D eigenvalue weighted by Crippen LogP contribution is -2.32. The summed E-state index contributed by atoms with van der Waals surface area (Å²) >= 11 is 0. The summed E-state index contributed by atoms with van der Waals surface area (Å²) in [5, 5.41) is 4.24. The third-order valence-corrected chi connectivity index (χ3v) is 6.17. The van der Waals surface area contributed by atoms with Gasteiger partial charge < -0.3 is 4.90 Å². The van der Waals surface area contributed by atoms with Crippen LogP contribution < -0.4 is 0 Å². The molecule has 1 atom stereocenters. The van der Waals surface area contributed by atoms with Crippen LogP contribution in [0.25, 0.3) is 27.9 Å². The van der Waals surface area contributed by atoms with E-state index in [0.29, 0.717) is 23.4 Å². The van der Waals surface area contributed by atoms with E-state index in [1.54, 1.807) is 4.90 Å². The molecule has 5 heterocycles. The Morgan fingerprint density at radius 3 is 2.37 bits per heavy atom. The van der Waals surface area contributed by atoms with Gasteiger partial charge in [-0.3, -0.25) is 14.2 Å². The summed E-state index contributed by atoms with van der Waals surface area (Å²) in [6, 6.07) is 3.86. The van der Waals surface area contributed by atoms with Crippen molar-refractivity contribution in [3.63, 3.8) is 0 Å². The minimum Gasteiger partial charge on any atom is -0.337 e. The number of aromatic nitrogens is 5. The first kappa shape index (κ1) is 23.2. The van der Waals surface area contributed by atoms with E-state index < -0.39 is 19.1 Å². The van der Waals surface area contributed by atoms with E-state index in [1.165, 1.54) is 35.0 Å². The van der Waals surface area contributed by atoms with Crippen LogP contribution in [0.4, 0.5) is 22.0 Å². The van der Waals surface area contributed by atoms with Crippen LogP contribution >= 0.6 is 0 Å². The second kappa shape index (κ2) is 9.23. The number of carbonyl (C=O) groups excluding carboxylic acids is 1. The van der Waals surface area contributed by atoms with Crippen LogP contribution in [-0.2, 0) is 0 Å². The molecule has 1 aliphatic rings. The van der Waals surface area contributed by atoms with Crippen LogP contribution in [0, 0.1) is 0 Å². The summed E-state index contributed by atoms with van der Waals surface area (Å²) in [6.45, 7) is 1.11. The molecule has 1 amide bonds. The van der Waals surface area contributed by atoms with Gasteiger partial charge in [-0.25, -0.2) is 31.6 Å². The number of fused-ring (bicyclic) bond motifs is 2. The molecule has 0 saturated carbocycles. The second-order valence-electron chi connectivity index (χ2n) is 8.43. The average molecular weight is 492 g/mol. The zero-order valence-electron chi connectivity index (χ0n) is 18.4. The highest BCUT2D eigenvalue weighted by Gasteiger charge is 2.28. The molecule has 184 valence electrons. The molecule has 1 unspecified atom stereocenters. The maximum Gasteiger partial charge on any atom is 0.289 e. The lowest BCUT2D eigenvalue weighted by Gasteiger charge is -2.19. The van der Waals surface area contributed by atoms with E-state index in [-0.39, 0.29) is 39.5 Å². The van der Waals surface area contributed by atoms with Gasteiger partial charge in [-0.2, -0.15) is 5.10 Å². The predicted molar refractivity (Wildman–Crippen MR) is 117 cm³/mol. The molecular weight excluding hydrogens is 471 g/mol. The van der Waals surface area contributed by atoms with E-state index in [9.17, 15) is 26.7 Å². The van der Waals surface area contributed by atoms with Gasteiger partial charge >= 0.3 is 0 Å². The first-order chi connectivity index (χ1) is 16.8. The molecule has 0 aromatic carbocycles. The number of pyridine rings is 2. The molecule has 1 saturated heterocycles. The molecule has 0 radical (unpaired) electrons. The average Bonchev–Trinajstić information content (AvgIpc) is 3.32. The van der Waals surface area contributed by atoms with Gasteiger partial charge in [0.15, 0.2) is 0 Å². The predicted octanol–water partition coefficient (Wildman–Crippen LogP) is 5.43. The normalized spacial score (nSPS) is 15.9. The SMILES string of the molecule is O=C(c1cc2c(cn1)c(-c1cnc3ccc(C(F)F)cn13)nn2C(F)C(F)F)N1CCCCCC1. The number of hydrogen-bond acceptors (Lipinski definition) is 4. The maximum absolute atomic E-state index is 14.6. The fourth-order valence-electron chi connectivity index (χ4n) is 4.37. The summed E-state index contributed by atoms with van der Waals surface area (Å²) in [4.78, 5) is 23.1. The lowest BCUT2D eigenvalue weighted by molar-refractivity contribution is 0.00356. The van der Waals surface area contributed by atoms with Crippen molar-refractivity contribution in [3.8, 4) is 11.4 Å². The molecule has 0 spiro atoms. The van der Waals surface area contributed by atoms with Gasteiger partial charge in [-0.1, -0.05) is 12.8 Å². The minimum atomic E-state index is -3.38. The number of hydrogen-bond donors (Lipinski definition) is 0. The Hall–Kier alpha value is -3.57. The first-order valence-electron chi connectivity index (χ1n) is 11.2. The summed E-state index contributed by atoms with van der Waals surface area (Å²) in [5.74, 6) is -0.369. The molecular formula is C23H21F5N6O. The number of rotatable bonds is 5. The number of carbonyl (C=O) groups is 1. The van der Waals surface area contributed by atoms with Crippen molar-refractivity contribution in [2.24, 2.45) is 0 Å². The van der Waals surface area contributed by atoms with E-state index >= 15 is 0 Å². The summed E-state index contributed by atoms with van der Waals surface area (Å²) in [5.41, 5.74) is 0.204. The number of alkyl halides is 5. The smallest absolute Gasteiger partial charge is 0.289 e. The highest BCUT2D eigenvalue weighted by atomic mass is 19.3. The number of nitrogens with zero attached hydrogens (tertiary/aromatic N) is 6. The van der Waals surface area contributed by atoms with Crippen LogP contribution in [0.1, 0.15) is 54.5 Å². The number of amides is 1. The monoisotopic (exact) mass is 492 g/mol. The van der Waals surface area contributed by atoms with Gasteiger partial charge in [0.25, 0.3) is 25.1 Å². The molecule has 0 bridgehead atoms. The quantitative estimate of drug-likeness (QED) is 0.349. The maximum atomic E-state index is 14.6. The highest BCUT2D eigenvalue weighted by molar-refractivity contribution is 5.99. The number of imidazole rings is 1. The molecule has 4 aromatic heterocycles. The molecule has 1 aliphatic heterocycles. The summed E-state index contributed by atoms with van der Waals surface area (Å²) < 4.78 is 69.6. The number of likely N-dealkylation sites (tertiary alicyclic amines) is 1. The standard InChI is InChI=1S/C23H21F5N6O/c24-20(25)13-5-6-18-30-11-17(33(18)12-13)19-14-10-29-15(23(35)32-7-3-1-2-4-8-32)9-16(14)34(31-19)22(28)21(26)27/h5-6,9-12,20-22H,1-4,7-8H2. The minimum absolute atomic E-state index is 0.00769. The molecule has 0 aliphatic carbocycles. The first-order valence-corrected chi connectivity index (χ1v) is 11.2. The second-order valence-corrected chi connectivity index (χ2v) is 8.43. The highest BCUT2D eigenvalue weighted by Crippen LogP contribution is 2.33. The zero-order valence-corrected chi connectivity index (χ0v) is 18.4. The van der Waals surface area contributed by atoms with Crippen LogP contribution in [0.5, 0.6) is 0 Å². The van der Waals surface area contributed by atoms with E-state index in [4.69, 9.17) is 0 Å². The van der Waals surface area contributed by atoms with Crippen molar-refractivity contribution in [3.05, 3.63) is 48.0 Å².